The normalized spacial score (nSPS) is 18.9. The number of ether oxygens (including phenoxy) is 2. The van der Waals surface area contributed by atoms with Crippen molar-refractivity contribution < 1.29 is 19.2 Å². The van der Waals surface area contributed by atoms with Gasteiger partial charge in [-0.1, -0.05) is 11.6 Å². The molecule has 2 heterocycles. The lowest BCUT2D eigenvalue weighted by Crippen LogP contribution is -3.13. The van der Waals surface area contributed by atoms with E-state index in [0.717, 1.165) is 50.5 Å². The number of benzene rings is 1. The van der Waals surface area contributed by atoms with E-state index < -0.39 is 0 Å². The summed E-state index contributed by atoms with van der Waals surface area (Å²) in [5.41, 5.74) is 1.15. The summed E-state index contributed by atoms with van der Waals surface area (Å²) >= 11 is 6.34. The van der Waals surface area contributed by atoms with Crippen molar-refractivity contribution in [3.63, 3.8) is 0 Å². The molecular formula is C16H22ClN2O3+. The van der Waals surface area contributed by atoms with Gasteiger partial charge in [0.1, 0.15) is 6.54 Å². The smallest absolute Gasteiger partial charge is 0.219 e. The molecule has 0 aliphatic carbocycles. The standard InChI is InChI=1S/C16H21ClN2O3/c1-12(20)19-5-3-18(4-6-19)11-13-9-14(17)16-15(10-13)21-7-2-8-22-16/h9-10H,2-8,11H2,1H3/p+1. The first kappa shape index (κ1) is 15.4. The molecule has 1 fully saturated rings. The molecule has 2 aliphatic heterocycles. The minimum Gasteiger partial charge on any atom is -0.489 e. The second kappa shape index (κ2) is 6.75. The quantitative estimate of drug-likeness (QED) is 0.872. The zero-order chi connectivity index (χ0) is 15.5. The van der Waals surface area contributed by atoms with Gasteiger partial charge in [-0.05, 0) is 12.1 Å². The van der Waals surface area contributed by atoms with Crippen LogP contribution in [-0.2, 0) is 11.3 Å². The van der Waals surface area contributed by atoms with E-state index in [1.807, 2.05) is 17.0 Å². The van der Waals surface area contributed by atoms with Crippen molar-refractivity contribution in [3.05, 3.63) is 22.7 Å². The molecule has 5 nitrogen and oxygen atoms in total. The Morgan fingerprint density at radius 1 is 1.27 bits per heavy atom. The topological polar surface area (TPSA) is 43.2 Å². The predicted molar refractivity (Wildman–Crippen MR) is 83.7 cm³/mol. The fraction of sp³-hybridized carbons (Fsp3) is 0.562. The van der Waals surface area contributed by atoms with Gasteiger partial charge in [-0.25, -0.2) is 0 Å². The first-order valence-corrected chi connectivity index (χ1v) is 8.18. The number of amides is 1. The van der Waals surface area contributed by atoms with E-state index in [0.29, 0.717) is 24.0 Å². The van der Waals surface area contributed by atoms with Crippen LogP contribution in [0.4, 0.5) is 0 Å². The summed E-state index contributed by atoms with van der Waals surface area (Å²) in [6.07, 6.45) is 0.874. The second-order valence-electron chi connectivity index (χ2n) is 5.89. The zero-order valence-electron chi connectivity index (χ0n) is 12.9. The molecule has 3 rings (SSSR count). The summed E-state index contributed by atoms with van der Waals surface area (Å²) in [6, 6.07) is 4.01. The maximum atomic E-state index is 11.4. The molecule has 0 radical (unpaired) electrons. The lowest BCUT2D eigenvalue weighted by Gasteiger charge is -2.31. The minimum atomic E-state index is 0.165. The highest BCUT2D eigenvalue weighted by molar-refractivity contribution is 6.32. The van der Waals surface area contributed by atoms with Gasteiger partial charge >= 0.3 is 0 Å². The number of carbonyl (C=O) groups excluding carboxylic acids is 1. The summed E-state index contributed by atoms with van der Waals surface area (Å²) in [4.78, 5) is 14.7. The Morgan fingerprint density at radius 2 is 2.00 bits per heavy atom. The summed E-state index contributed by atoms with van der Waals surface area (Å²) < 4.78 is 11.4. The molecule has 1 amide bonds. The molecule has 0 aromatic heterocycles. The monoisotopic (exact) mass is 325 g/mol. The van der Waals surface area contributed by atoms with Crippen LogP contribution in [0.2, 0.25) is 5.02 Å². The Morgan fingerprint density at radius 3 is 2.73 bits per heavy atom. The molecule has 1 aromatic carbocycles. The molecular weight excluding hydrogens is 304 g/mol. The average Bonchev–Trinajstić information content (AvgIpc) is 2.73. The van der Waals surface area contributed by atoms with Gasteiger partial charge in [0.15, 0.2) is 11.5 Å². The van der Waals surface area contributed by atoms with Gasteiger partial charge in [0.25, 0.3) is 0 Å². The van der Waals surface area contributed by atoms with Crippen LogP contribution >= 0.6 is 11.6 Å². The number of carbonyl (C=O) groups is 1. The molecule has 22 heavy (non-hydrogen) atoms. The number of piperazine rings is 1. The first-order valence-electron chi connectivity index (χ1n) is 7.80. The molecule has 1 saturated heterocycles. The molecule has 6 heteroatoms. The molecule has 1 N–H and O–H groups in total. The summed E-state index contributed by atoms with van der Waals surface area (Å²) in [5, 5.41) is 0.621. The Balaban J connectivity index is 1.67. The number of nitrogens with zero attached hydrogens (tertiary/aromatic N) is 1. The van der Waals surface area contributed by atoms with Crippen molar-refractivity contribution in [1.29, 1.82) is 0 Å². The number of halogens is 1. The van der Waals surface area contributed by atoms with Crippen molar-refractivity contribution in [2.45, 2.75) is 19.9 Å². The molecule has 0 bridgehead atoms. The van der Waals surface area contributed by atoms with E-state index in [1.54, 1.807) is 6.92 Å². The Bertz CT molecular complexity index is 557. The van der Waals surface area contributed by atoms with E-state index in [4.69, 9.17) is 21.1 Å². The highest BCUT2D eigenvalue weighted by Gasteiger charge is 2.23. The number of quaternary nitrogens is 1. The van der Waals surface area contributed by atoms with Crippen LogP contribution < -0.4 is 14.4 Å². The van der Waals surface area contributed by atoms with Crippen LogP contribution in [-0.4, -0.2) is 50.2 Å². The molecule has 0 unspecified atom stereocenters. The van der Waals surface area contributed by atoms with Gasteiger partial charge < -0.3 is 19.3 Å². The minimum absolute atomic E-state index is 0.165. The lowest BCUT2D eigenvalue weighted by molar-refractivity contribution is -0.917. The van der Waals surface area contributed by atoms with Gasteiger partial charge in [0.2, 0.25) is 5.91 Å². The highest BCUT2D eigenvalue weighted by atomic mass is 35.5. The van der Waals surface area contributed by atoms with Gasteiger partial charge in [0.05, 0.1) is 44.4 Å². The van der Waals surface area contributed by atoms with Crippen LogP contribution in [0.5, 0.6) is 11.5 Å². The number of nitrogens with one attached hydrogen (secondary N) is 1. The lowest BCUT2D eigenvalue weighted by atomic mass is 10.1. The SMILES string of the molecule is CC(=O)N1CC[NH+](Cc2cc(Cl)c3c(c2)OCCCO3)CC1. The average molecular weight is 326 g/mol. The van der Waals surface area contributed by atoms with Gasteiger partial charge in [0, 0.05) is 18.9 Å². The zero-order valence-corrected chi connectivity index (χ0v) is 13.6. The van der Waals surface area contributed by atoms with Crippen LogP contribution in [0.25, 0.3) is 0 Å². The second-order valence-corrected chi connectivity index (χ2v) is 6.30. The van der Waals surface area contributed by atoms with Crippen molar-refractivity contribution in [2.24, 2.45) is 0 Å². The number of hydrogen-bond acceptors (Lipinski definition) is 3. The van der Waals surface area contributed by atoms with Crippen molar-refractivity contribution >= 4 is 17.5 Å². The molecule has 0 saturated carbocycles. The molecule has 120 valence electrons. The highest BCUT2D eigenvalue weighted by Crippen LogP contribution is 2.37. The van der Waals surface area contributed by atoms with Gasteiger partial charge in [-0.3, -0.25) is 4.79 Å². The largest absolute Gasteiger partial charge is 0.489 e. The molecule has 1 aromatic rings. The fourth-order valence-electron chi connectivity index (χ4n) is 2.99. The van der Waals surface area contributed by atoms with Gasteiger partial charge in [-0.15, -0.1) is 0 Å². The maximum absolute atomic E-state index is 11.4. The van der Waals surface area contributed by atoms with Gasteiger partial charge in [-0.2, -0.15) is 0 Å². The molecule has 0 spiro atoms. The first-order chi connectivity index (χ1) is 10.6. The predicted octanol–water partition coefficient (Wildman–Crippen LogP) is 0.748. The van der Waals surface area contributed by atoms with Crippen LogP contribution in [0, 0.1) is 0 Å². The Labute approximate surface area is 135 Å². The third-order valence-corrected chi connectivity index (χ3v) is 4.51. The summed E-state index contributed by atoms with van der Waals surface area (Å²) in [5.74, 6) is 1.58. The summed E-state index contributed by atoms with van der Waals surface area (Å²) in [7, 11) is 0. The Kier molecular flexibility index (Phi) is 4.74. The maximum Gasteiger partial charge on any atom is 0.219 e. The van der Waals surface area contributed by atoms with E-state index in [2.05, 4.69) is 0 Å². The molecule has 0 atom stereocenters. The third kappa shape index (κ3) is 3.47. The van der Waals surface area contributed by atoms with Crippen molar-refractivity contribution in [3.8, 4) is 11.5 Å². The number of hydrogen-bond donors (Lipinski definition) is 1. The van der Waals surface area contributed by atoms with Crippen molar-refractivity contribution in [1.82, 2.24) is 4.90 Å². The van der Waals surface area contributed by atoms with E-state index >= 15 is 0 Å². The van der Waals surface area contributed by atoms with E-state index in [-0.39, 0.29) is 5.91 Å². The van der Waals surface area contributed by atoms with Crippen LogP contribution in [0.1, 0.15) is 18.9 Å². The molecule has 2 aliphatic rings. The number of rotatable bonds is 2. The van der Waals surface area contributed by atoms with E-state index in [1.165, 1.54) is 4.90 Å². The van der Waals surface area contributed by atoms with Crippen LogP contribution in [0.15, 0.2) is 12.1 Å². The fourth-order valence-corrected chi connectivity index (χ4v) is 3.28. The van der Waals surface area contributed by atoms with E-state index in [9.17, 15) is 4.79 Å². The summed E-state index contributed by atoms with van der Waals surface area (Å²) in [6.45, 7) is 7.40. The Hall–Kier alpha value is -1.46. The van der Waals surface area contributed by atoms with Crippen LogP contribution in [0.3, 0.4) is 0 Å². The third-order valence-electron chi connectivity index (χ3n) is 4.23. The number of fused-ring (bicyclic) bond motifs is 1. The van der Waals surface area contributed by atoms with Crippen molar-refractivity contribution in [2.75, 3.05) is 39.4 Å².